The molecule has 7 rings (SSSR count). The molecule has 0 atom stereocenters. The van der Waals surface area contributed by atoms with Crippen molar-refractivity contribution in [3.05, 3.63) is 132 Å². The van der Waals surface area contributed by atoms with Gasteiger partial charge in [0.15, 0.2) is 5.65 Å². The van der Waals surface area contributed by atoms with Crippen LogP contribution in [0.25, 0.3) is 22.1 Å². The Morgan fingerprint density at radius 2 is 1.35 bits per heavy atom. The van der Waals surface area contributed by atoms with Crippen molar-refractivity contribution in [3.8, 4) is 0 Å². The Hall–Kier alpha value is -4.53. The number of rotatable bonds is 11. The summed E-state index contributed by atoms with van der Waals surface area (Å²) in [6, 6.07) is 40.3. The van der Waals surface area contributed by atoms with Crippen LogP contribution >= 0.6 is 11.8 Å². The fraction of sp³-hybridized carbons (Fsp3) is 0.263. The summed E-state index contributed by atoms with van der Waals surface area (Å²) in [6.07, 6.45) is 2.35. The Morgan fingerprint density at radius 1 is 0.717 bits per heavy atom. The van der Waals surface area contributed by atoms with E-state index in [0.717, 1.165) is 73.4 Å². The smallest absolute Gasteiger partial charge is 0.222 e. The molecule has 1 aliphatic heterocycles. The monoisotopic (exact) mass is 626 g/mol. The van der Waals surface area contributed by atoms with E-state index in [4.69, 9.17) is 4.98 Å². The number of unbranched alkanes of at least 4 members (excludes halogenated alkanes) is 1. The second kappa shape index (κ2) is 14.3. The van der Waals surface area contributed by atoms with Gasteiger partial charge in [0.25, 0.3) is 0 Å². The van der Waals surface area contributed by atoms with Gasteiger partial charge in [-0.3, -0.25) is 9.69 Å². The zero-order valence-corrected chi connectivity index (χ0v) is 26.7. The Labute approximate surface area is 274 Å². The van der Waals surface area contributed by atoms with Crippen LogP contribution in [0.5, 0.6) is 0 Å². The number of aromatic nitrogens is 4. The van der Waals surface area contributed by atoms with E-state index in [1.807, 2.05) is 17.0 Å². The predicted molar refractivity (Wildman–Crippen MR) is 186 cm³/mol. The first-order chi connectivity index (χ1) is 22.7. The number of fused-ring (bicyclic) bond motifs is 3. The maximum atomic E-state index is 13.1. The van der Waals surface area contributed by atoms with E-state index in [-0.39, 0.29) is 11.9 Å². The second-order valence-electron chi connectivity index (χ2n) is 11.8. The van der Waals surface area contributed by atoms with Gasteiger partial charge in [0.05, 0.1) is 11.6 Å². The minimum Gasteiger partial charge on any atom is -0.340 e. The zero-order chi connectivity index (χ0) is 31.1. The van der Waals surface area contributed by atoms with Crippen molar-refractivity contribution in [2.24, 2.45) is 0 Å². The Kier molecular flexibility index (Phi) is 9.35. The third-order valence-corrected chi connectivity index (χ3v) is 9.74. The van der Waals surface area contributed by atoms with Crippen molar-refractivity contribution in [2.75, 3.05) is 31.9 Å². The van der Waals surface area contributed by atoms with Gasteiger partial charge in [-0.05, 0) is 35.6 Å². The molecule has 1 aliphatic rings. The standard InChI is InChI=1S/C38H38N6OS/c45-34(42-23-25-43(26-24-42)36(30-16-6-2-7-17-30)31-18-8-3-9-19-31)22-12-13-27-46-38-39-37-35(40-41-38)32-20-10-11-21-33(32)44(37)28-29-14-4-1-5-15-29/h1-11,14-21,36H,12-13,22-28H2. The van der Waals surface area contributed by atoms with Crippen LogP contribution in [-0.2, 0) is 11.3 Å². The first-order valence-electron chi connectivity index (χ1n) is 16.1. The summed E-state index contributed by atoms with van der Waals surface area (Å²) >= 11 is 1.62. The van der Waals surface area contributed by atoms with Gasteiger partial charge < -0.3 is 9.47 Å². The van der Waals surface area contributed by atoms with Gasteiger partial charge in [0.2, 0.25) is 11.1 Å². The van der Waals surface area contributed by atoms with Crippen LogP contribution in [0.4, 0.5) is 0 Å². The average molecular weight is 627 g/mol. The maximum Gasteiger partial charge on any atom is 0.222 e. The predicted octanol–water partition coefficient (Wildman–Crippen LogP) is 7.22. The number of hydrogen-bond acceptors (Lipinski definition) is 6. The Balaban J connectivity index is 0.922. The molecule has 0 saturated carbocycles. The third kappa shape index (κ3) is 6.69. The molecular weight excluding hydrogens is 589 g/mol. The van der Waals surface area contributed by atoms with E-state index < -0.39 is 0 Å². The molecule has 0 N–H and O–H groups in total. The Morgan fingerprint density at radius 3 is 2.04 bits per heavy atom. The number of nitrogens with zero attached hydrogens (tertiary/aromatic N) is 6. The molecule has 7 nitrogen and oxygen atoms in total. The van der Waals surface area contributed by atoms with E-state index in [9.17, 15) is 4.79 Å². The molecule has 8 heteroatoms. The highest BCUT2D eigenvalue weighted by molar-refractivity contribution is 7.99. The fourth-order valence-electron chi connectivity index (χ4n) is 6.49. The van der Waals surface area contributed by atoms with Crippen LogP contribution in [0.15, 0.2) is 120 Å². The topological polar surface area (TPSA) is 67.2 Å². The highest BCUT2D eigenvalue weighted by Gasteiger charge is 2.28. The summed E-state index contributed by atoms with van der Waals surface area (Å²) in [5.41, 5.74) is 6.61. The largest absolute Gasteiger partial charge is 0.340 e. The summed E-state index contributed by atoms with van der Waals surface area (Å²) < 4.78 is 2.24. The lowest BCUT2D eigenvalue weighted by molar-refractivity contribution is -0.133. The van der Waals surface area contributed by atoms with Crippen molar-refractivity contribution in [1.82, 2.24) is 29.5 Å². The molecule has 6 aromatic rings. The van der Waals surface area contributed by atoms with Crippen molar-refractivity contribution >= 4 is 39.7 Å². The molecule has 0 unspecified atom stereocenters. The van der Waals surface area contributed by atoms with Crippen molar-refractivity contribution < 1.29 is 4.79 Å². The van der Waals surface area contributed by atoms with Crippen LogP contribution in [0.2, 0.25) is 0 Å². The molecule has 4 aromatic carbocycles. The van der Waals surface area contributed by atoms with E-state index in [0.29, 0.717) is 11.6 Å². The van der Waals surface area contributed by atoms with Crippen LogP contribution in [-0.4, -0.2) is 67.4 Å². The van der Waals surface area contributed by atoms with Crippen LogP contribution in [0, 0.1) is 0 Å². The molecule has 46 heavy (non-hydrogen) atoms. The minimum absolute atomic E-state index is 0.201. The quantitative estimate of drug-likeness (QED) is 0.112. The van der Waals surface area contributed by atoms with E-state index in [1.54, 1.807) is 11.8 Å². The lowest BCUT2D eigenvalue weighted by atomic mass is 9.96. The van der Waals surface area contributed by atoms with E-state index >= 15 is 0 Å². The summed E-state index contributed by atoms with van der Waals surface area (Å²) in [5, 5.41) is 10.8. The number of piperazine rings is 1. The minimum atomic E-state index is 0.201. The van der Waals surface area contributed by atoms with Gasteiger partial charge in [-0.2, -0.15) is 0 Å². The molecule has 1 saturated heterocycles. The first-order valence-corrected chi connectivity index (χ1v) is 17.1. The molecular formula is C38H38N6OS. The summed E-state index contributed by atoms with van der Waals surface area (Å²) in [7, 11) is 0. The number of hydrogen-bond donors (Lipinski definition) is 0. The van der Waals surface area contributed by atoms with E-state index in [1.165, 1.54) is 16.7 Å². The lowest BCUT2D eigenvalue weighted by Gasteiger charge is -2.40. The van der Waals surface area contributed by atoms with E-state index in [2.05, 4.69) is 123 Å². The number of thioether (sulfide) groups is 1. The summed E-state index contributed by atoms with van der Waals surface area (Å²) in [4.78, 5) is 22.6. The van der Waals surface area contributed by atoms with Gasteiger partial charge in [0.1, 0.15) is 5.52 Å². The highest BCUT2D eigenvalue weighted by Crippen LogP contribution is 2.30. The molecule has 1 fully saturated rings. The van der Waals surface area contributed by atoms with Crippen LogP contribution < -0.4 is 0 Å². The normalized spacial score (nSPS) is 14.0. The number of para-hydroxylation sites is 1. The van der Waals surface area contributed by atoms with Crippen LogP contribution in [0.3, 0.4) is 0 Å². The number of carbonyl (C=O) groups excluding carboxylic acids is 1. The second-order valence-corrected chi connectivity index (χ2v) is 12.9. The molecule has 232 valence electrons. The van der Waals surface area contributed by atoms with Crippen LogP contribution in [0.1, 0.15) is 42.0 Å². The van der Waals surface area contributed by atoms with Crippen molar-refractivity contribution in [3.63, 3.8) is 0 Å². The molecule has 3 heterocycles. The van der Waals surface area contributed by atoms with Crippen molar-refractivity contribution in [2.45, 2.75) is 37.0 Å². The van der Waals surface area contributed by atoms with Gasteiger partial charge >= 0.3 is 0 Å². The maximum absolute atomic E-state index is 13.1. The Bertz CT molecular complexity index is 1850. The number of amides is 1. The zero-order valence-electron chi connectivity index (χ0n) is 25.9. The highest BCUT2D eigenvalue weighted by atomic mass is 32.2. The van der Waals surface area contributed by atoms with Gasteiger partial charge in [-0.25, -0.2) is 4.98 Å². The molecule has 0 bridgehead atoms. The average Bonchev–Trinajstić information content (AvgIpc) is 3.42. The number of benzene rings is 4. The molecule has 0 spiro atoms. The first kappa shape index (κ1) is 30.1. The molecule has 0 radical (unpaired) electrons. The summed E-state index contributed by atoms with van der Waals surface area (Å²) in [5.74, 6) is 1.11. The third-order valence-electron chi connectivity index (χ3n) is 8.82. The molecule has 0 aliphatic carbocycles. The number of carbonyl (C=O) groups is 1. The SMILES string of the molecule is O=C(CCCCSc1nnc2c3ccccc3n(Cc3ccccc3)c2n1)N1CCN(C(c2ccccc2)c2ccccc2)CC1. The van der Waals surface area contributed by atoms with Crippen molar-refractivity contribution in [1.29, 1.82) is 0 Å². The lowest BCUT2D eigenvalue weighted by Crippen LogP contribution is -2.49. The fourth-order valence-corrected chi connectivity index (χ4v) is 7.27. The molecule has 2 aromatic heterocycles. The van der Waals surface area contributed by atoms with Gasteiger partial charge in [-0.1, -0.05) is 121 Å². The van der Waals surface area contributed by atoms with Gasteiger partial charge in [-0.15, -0.1) is 10.2 Å². The molecule has 1 amide bonds. The summed E-state index contributed by atoms with van der Waals surface area (Å²) in [6.45, 7) is 3.98. The van der Waals surface area contributed by atoms with Gasteiger partial charge in [0, 0.05) is 50.3 Å².